The average Bonchev–Trinajstić information content (AvgIpc) is 2.38. The summed E-state index contributed by atoms with van der Waals surface area (Å²) in [6.07, 6.45) is 0.0918. The van der Waals surface area contributed by atoms with Crippen molar-refractivity contribution in [2.75, 3.05) is 0 Å². The van der Waals surface area contributed by atoms with Gasteiger partial charge in [-0.1, -0.05) is 29.8 Å². The molecule has 2 aromatic rings. The van der Waals surface area contributed by atoms with Crippen molar-refractivity contribution in [1.82, 2.24) is 0 Å². The molecule has 0 aliphatic carbocycles. The van der Waals surface area contributed by atoms with Crippen LogP contribution in [0.25, 0.3) is 0 Å². The molecule has 2 rings (SSSR count). The molecule has 0 radical (unpaired) electrons. The van der Waals surface area contributed by atoms with Crippen LogP contribution in [0.5, 0.6) is 0 Å². The Labute approximate surface area is 132 Å². The first-order chi connectivity index (χ1) is 9.00. The van der Waals surface area contributed by atoms with E-state index in [4.69, 9.17) is 11.6 Å². The van der Waals surface area contributed by atoms with E-state index in [2.05, 4.69) is 31.9 Å². The van der Waals surface area contributed by atoms with Gasteiger partial charge in [0.25, 0.3) is 0 Å². The molecular formula is C14H8Br2ClFO. The second-order valence-corrected chi connectivity index (χ2v) is 5.94. The van der Waals surface area contributed by atoms with Crippen molar-refractivity contribution >= 4 is 49.2 Å². The molecule has 0 aliphatic rings. The maximum atomic E-state index is 13.4. The van der Waals surface area contributed by atoms with E-state index in [0.29, 0.717) is 25.1 Å². The van der Waals surface area contributed by atoms with Gasteiger partial charge in [-0.15, -0.1) is 0 Å². The zero-order chi connectivity index (χ0) is 14.0. The number of Topliss-reactive ketones (excluding diaryl/α,β-unsaturated/α-hetero) is 1. The van der Waals surface area contributed by atoms with Crippen LogP contribution < -0.4 is 0 Å². The van der Waals surface area contributed by atoms with Crippen LogP contribution in [0.1, 0.15) is 15.9 Å². The van der Waals surface area contributed by atoms with Crippen LogP contribution in [-0.2, 0) is 6.42 Å². The molecule has 19 heavy (non-hydrogen) atoms. The van der Waals surface area contributed by atoms with Crippen molar-refractivity contribution in [2.45, 2.75) is 6.42 Å². The number of hydrogen-bond donors (Lipinski definition) is 0. The lowest BCUT2D eigenvalue weighted by atomic mass is 10.0. The van der Waals surface area contributed by atoms with Gasteiger partial charge in [0.15, 0.2) is 5.78 Å². The maximum absolute atomic E-state index is 13.4. The van der Waals surface area contributed by atoms with Crippen LogP contribution in [0.3, 0.4) is 0 Å². The molecule has 2 aromatic carbocycles. The third kappa shape index (κ3) is 3.25. The Morgan fingerprint density at radius 3 is 2.58 bits per heavy atom. The highest BCUT2D eigenvalue weighted by Gasteiger charge is 2.15. The summed E-state index contributed by atoms with van der Waals surface area (Å²) in [5.74, 6) is -0.539. The van der Waals surface area contributed by atoms with Gasteiger partial charge in [0.2, 0.25) is 0 Å². The Balaban J connectivity index is 2.31. The molecule has 0 fully saturated rings. The minimum Gasteiger partial charge on any atom is -0.294 e. The molecule has 98 valence electrons. The topological polar surface area (TPSA) is 17.1 Å². The predicted molar refractivity (Wildman–Crippen MR) is 81.3 cm³/mol. The second kappa shape index (κ2) is 6.16. The lowest BCUT2D eigenvalue weighted by molar-refractivity contribution is 0.0993. The number of ketones is 1. The fraction of sp³-hybridized carbons (Fsp3) is 0.0714. The third-order valence-electron chi connectivity index (χ3n) is 2.63. The van der Waals surface area contributed by atoms with Crippen LogP contribution >= 0.6 is 43.5 Å². The summed E-state index contributed by atoms with van der Waals surface area (Å²) in [4.78, 5) is 12.2. The fourth-order valence-electron chi connectivity index (χ4n) is 1.67. The molecule has 5 heteroatoms. The Morgan fingerprint density at radius 1 is 1.16 bits per heavy atom. The minimum atomic E-state index is -0.384. The van der Waals surface area contributed by atoms with Gasteiger partial charge in [-0.05, 0) is 55.6 Å². The standard InChI is InChI=1S/C14H8Br2ClFO/c15-10-5-2-4-9(14(10)17)12(19)7-8-3-1-6-11(18)13(8)16/h1-6H,7H2. The van der Waals surface area contributed by atoms with Crippen LogP contribution in [0.4, 0.5) is 4.39 Å². The number of hydrogen-bond acceptors (Lipinski definition) is 1. The summed E-state index contributed by atoms with van der Waals surface area (Å²) in [6.45, 7) is 0. The van der Waals surface area contributed by atoms with Crippen LogP contribution in [0, 0.1) is 5.82 Å². The number of halogens is 4. The van der Waals surface area contributed by atoms with Gasteiger partial charge >= 0.3 is 0 Å². The van der Waals surface area contributed by atoms with Crippen LogP contribution in [0.15, 0.2) is 45.3 Å². The second-order valence-electron chi connectivity index (χ2n) is 3.91. The van der Waals surface area contributed by atoms with Crippen molar-refractivity contribution < 1.29 is 9.18 Å². The van der Waals surface area contributed by atoms with Crippen LogP contribution in [-0.4, -0.2) is 5.78 Å². The van der Waals surface area contributed by atoms with Gasteiger partial charge in [-0.25, -0.2) is 4.39 Å². The SMILES string of the molecule is O=C(Cc1cccc(F)c1Br)c1cccc(Br)c1Cl. The highest BCUT2D eigenvalue weighted by Crippen LogP contribution is 2.28. The minimum absolute atomic E-state index is 0.0918. The van der Waals surface area contributed by atoms with Gasteiger partial charge < -0.3 is 0 Å². The lowest BCUT2D eigenvalue weighted by Gasteiger charge is -2.07. The zero-order valence-electron chi connectivity index (χ0n) is 9.59. The lowest BCUT2D eigenvalue weighted by Crippen LogP contribution is -2.05. The van der Waals surface area contributed by atoms with E-state index in [-0.39, 0.29) is 18.0 Å². The van der Waals surface area contributed by atoms with Gasteiger partial charge in [0.1, 0.15) is 5.82 Å². The zero-order valence-corrected chi connectivity index (χ0v) is 13.5. The molecule has 0 heterocycles. The molecule has 0 spiro atoms. The molecule has 0 bridgehead atoms. The van der Waals surface area contributed by atoms with Gasteiger partial charge in [-0.2, -0.15) is 0 Å². The first kappa shape index (κ1) is 14.7. The molecule has 0 aliphatic heterocycles. The molecule has 0 unspecified atom stereocenters. The van der Waals surface area contributed by atoms with Crippen molar-refractivity contribution in [1.29, 1.82) is 0 Å². The molecular weight excluding hydrogens is 398 g/mol. The normalized spacial score (nSPS) is 10.5. The first-order valence-corrected chi connectivity index (χ1v) is 7.37. The average molecular weight is 406 g/mol. The summed E-state index contributed by atoms with van der Waals surface area (Å²) in [5, 5.41) is 0.375. The molecule has 0 saturated carbocycles. The van der Waals surface area contributed by atoms with Crippen molar-refractivity contribution in [3.63, 3.8) is 0 Å². The first-order valence-electron chi connectivity index (χ1n) is 5.41. The molecule has 0 aromatic heterocycles. The smallest absolute Gasteiger partial charge is 0.168 e. The molecule has 0 N–H and O–H groups in total. The van der Waals surface area contributed by atoms with E-state index in [1.807, 2.05) is 0 Å². The van der Waals surface area contributed by atoms with Gasteiger partial charge in [0, 0.05) is 16.5 Å². The van der Waals surface area contributed by atoms with Crippen molar-refractivity contribution in [3.8, 4) is 0 Å². The Hall–Kier alpha value is -0.710. The monoisotopic (exact) mass is 404 g/mol. The van der Waals surface area contributed by atoms with E-state index >= 15 is 0 Å². The third-order valence-corrected chi connectivity index (χ3v) is 4.82. The van der Waals surface area contributed by atoms with E-state index in [1.165, 1.54) is 6.07 Å². The van der Waals surface area contributed by atoms with E-state index in [0.717, 1.165) is 0 Å². The maximum Gasteiger partial charge on any atom is 0.168 e. The van der Waals surface area contributed by atoms with E-state index in [9.17, 15) is 9.18 Å². The summed E-state index contributed by atoms with van der Waals surface area (Å²) in [6, 6.07) is 9.77. The largest absolute Gasteiger partial charge is 0.294 e. The van der Waals surface area contributed by atoms with Crippen LogP contribution in [0.2, 0.25) is 5.02 Å². The fourth-order valence-corrected chi connectivity index (χ4v) is 2.67. The highest BCUT2D eigenvalue weighted by molar-refractivity contribution is 9.10. The van der Waals surface area contributed by atoms with E-state index < -0.39 is 0 Å². The summed E-state index contributed by atoms with van der Waals surface area (Å²) < 4.78 is 14.4. The van der Waals surface area contributed by atoms with Crippen molar-refractivity contribution in [3.05, 3.63) is 67.3 Å². The number of benzene rings is 2. The van der Waals surface area contributed by atoms with Gasteiger partial charge in [0.05, 0.1) is 9.50 Å². The summed E-state index contributed by atoms with van der Waals surface area (Å²) in [7, 11) is 0. The molecule has 0 saturated heterocycles. The summed E-state index contributed by atoms with van der Waals surface area (Å²) >= 11 is 12.5. The molecule has 1 nitrogen and oxygen atoms in total. The summed E-state index contributed by atoms with van der Waals surface area (Å²) in [5.41, 5.74) is 1.02. The quantitative estimate of drug-likeness (QED) is 0.621. The number of carbonyl (C=O) groups is 1. The van der Waals surface area contributed by atoms with Crippen molar-refractivity contribution in [2.24, 2.45) is 0 Å². The molecule has 0 amide bonds. The number of carbonyl (C=O) groups excluding carboxylic acids is 1. The van der Waals surface area contributed by atoms with E-state index in [1.54, 1.807) is 30.3 Å². The van der Waals surface area contributed by atoms with Gasteiger partial charge in [-0.3, -0.25) is 4.79 Å². The highest BCUT2D eigenvalue weighted by atomic mass is 79.9. The predicted octanol–water partition coefficient (Wildman–Crippen LogP) is 5.43. The molecule has 0 atom stereocenters. The Kier molecular flexibility index (Phi) is 4.76. The Bertz CT molecular complexity index is 643. The number of rotatable bonds is 3. The Morgan fingerprint density at radius 2 is 1.84 bits per heavy atom.